The number of aliphatic imine (C=N–C) groups is 1. The monoisotopic (exact) mass is 522 g/mol. The summed E-state index contributed by atoms with van der Waals surface area (Å²) < 4.78 is 22.5. The van der Waals surface area contributed by atoms with Gasteiger partial charge in [-0.05, 0) is 49.6 Å². The van der Waals surface area contributed by atoms with E-state index >= 15 is 0 Å². The zero-order chi connectivity index (χ0) is 19.0. The molecule has 27 heavy (non-hydrogen) atoms. The van der Waals surface area contributed by atoms with Crippen LogP contribution in [-0.2, 0) is 29.4 Å². The number of aryl methyl sites for hydroxylation is 1. The van der Waals surface area contributed by atoms with Crippen LogP contribution in [0.5, 0.6) is 0 Å². The van der Waals surface area contributed by atoms with E-state index in [1.165, 1.54) is 21.9 Å². The maximum Gasteiger partial charge on any atom is 0.238 e. The Bertz CT molecular complexity index is 833. The molecule has 0 atom stereocenters. The molecular weight excluding hydrogens is 495 g/mol. The zero-order valence-electron chi connectivity index (χ0n) is 15.6. The van der Waals surface area contributed by atoms with Gasteiger partial charge in [-0.15, -0.1) is 35.3 Å². The highest BCUT2D eigenvalue weighted by atomic mass is 127. The average molecular weight is 522 g/mol. The van der Waals surface area contributed by atoms with Crippen molar-refractivity contribution in [3.8, 4) is 0 Å². The third kappa shape index (κ3) is 8.16. The summed E-state index contributed by atoms with van der Waals surface area (Å²) in [6, 6.07) is 10.9. The molecule has 0 radical (unpaired) electrons. The first-order valence-electron chi connectivity index (χ1n) is 8.64. The van der Waals surface area contributed by atoms with Gasteiger partial charge in [0.25, 0.3) is 0 Å². The molecular formula is C18H27IN4O2S2. The summed E-state index contributed by atoms with van der Waals surface area (Å²) in [5.41, 5.74) is 1.03. The van der Waals surface area contributed by atoms with E-state index in [9.17, 15) is 8.42 Å². The number of sulfonamides is 1. The quantitative estimate of drug-likeness (QED) is 0.282. The minimum Gasteiger partial charge on any atom is -0.357 e. The highest BCUT2D eigenvalue weighted by molar-refractivity contribution is 14.0. The third-order valence-corrected chi connectivity index (χ3v) is 5.90. The lowest BCUT2D eigenvalue weighted by Gasteiger charge is -2.11. The van der Waals surface area contributed by atoms with Gasteiger partial charge >= 0.3 is 0 Å². The molecule has 6 nitrogen and oxygen atoms in total. The minimum absolute atomic E-state index is 0. The molecule has 2 aromatic rings. The Labute approximate surface area is 182 Å². The van der Waals surface area contributed by atoms with Gasteiger partial charge < -0.3 is 10.6 Å². The Hall–Kier alpha value is -1.17. The molecule has 2 rings (SSSR count). The van der Waals surface area contributed by atoms with Crippen molar-refractivity contribution in [3.63, 3.8) is 0 Å². The van der Waals surface area contributed by atoms with E-state index in [1.807, 2.05) is 6.92 Å². The number of hydrogen-bond acceptors (Lipinski definition) is 4. The van der Waals surface area contributed by atoms with Crippen LogP contribution in [0.3, 0.4) is 0 Å². The standard InChI is InChI=1S/C18H26N4O2S2.HI/c1-3-15-7-8-16(25-15)13-22-18(20-4-2)21-12-11-14-5-9-17(10-6-14)26(19,23)24;/h5-10H,3-4,11-13H2,1-2H3,(H2,19,23,24)(H2,20,21,22);1H. The second-order valence-corrected chi connectivity index (χ2v) is 8.60. The molecule has 4 N–H and O–H groups in total. The van der Waals surface area contributed by atoms with Gasteiger partial charge in [0, 0.05) is 22.8 Å². The zero-order valence-corrected chi connectivity index (χ0v) is 19.5. The summed E-state index contributed by atoms with van der Waals surface area (Å²) in [5, 5.41) is 11.7. The molecule has 0 amide bonds. The molecule has 0 fully saturated rings. The lowest BCUT2D eigenvalue weighted by Crippen LogP contribution is -2.38. The maximum absolute atomic E-state index is 11.3. The number of primary sulfonamides is 1. The lowest BCUT2D eigenvalue weighted by atomic mass is 10.1. The summed E-state index contributed by atoms with van der Waals surface area (Å²) >= 11 is 1.79. The minimum atomic E-state index is -3.64. The van der Waals surface area contributed by atoms with Crippen molar-refractivity contribution in [3.05, 3.63) is 51.7 Å². The molecule has 0 unspecified atom stereocenters. The largest absolute Gasteiger partial charge is 0.357 e. The Morgan fingerprint density at radius 1 is 1.07 bits per heavy atom. The SMILES string of the molecule is CCNC(=NCc1ccc(CC)s1)NCCc1ccc(S(N)(=O)=O)cc1.I. The smallest absolute Gasteiger partial charge is 0.238 e. The van der Waals surface area contributed by atoms with Crippen LogP contribution in [0.15, 0.2) is 46.3 Å². The normalized spacial score (nSPS) is 11.7. The third-order valence-electron chi connectivity index (χ3n) is 3.76. The molecule has 0 aliphatic rings. The van der Waals surface area contributed by atoms with Gasteiger partial charge in [-0.1, -0.05) is 19.1 Å². The number of guanidine groups is 1. The highest BCUT2D eigenvalue weighted by Crippen LogP contribution is 2.17. The van der Waals surface area contributed by atoms with Crippen LogP contribution in [0.4, 0.5) is 0 Å². The van der Waals surface area contributed by atoms with Gasteiger partial charge in [-0.3, -0.25) is 0 Å². The van der Waals surface area contributed by atoms with Gasteiger partial charge in [0.05, 0.1) is 11.4 Å². The first kappa shape index (κ1) is 23.9. The van der Waals surface area contributed by atoms with Crippen LogP contribution in [0, 0.1) is 0 Å². The van der Waals surface area contributed by atoms with E-state index in [4.69, 9.17) is 5.14 Å². The molecule has 150 valence electrons. The van der Waals surface area contributed by atoms with Crippen LogP contribution in [0.1, 0.15) is 29.2 Å². The second kappa shape index (κ2) is 11.6. The summed E-state index contributed by atoms with van der Waals surface area (Å²) in [5.74, 6) is 0.778. The molecule has 1 aromatic carbocycles. The summed E-state index contributed by atoms with van der Waals surface area (Å²) in [6.07, 6.45) is 1.81. The Morgan fingerprint density at radius 2 is 1.74 bits per heavy atom. The van der Waals surface area contributed by atoms with Crippen molar-refractivity contribution < 1.29 is 8.42 Å². The molecule has 0 aliphatic carbocycles. The molecule has 0 aliphatic heterocycles. The van der Waals surface area contributed by atoms with Crippen LogP contribution >= 0.6 is 35.3 Å². The Balaban J connectivity index is 0.00000364. The maximum atomic E-state index is 11.3. The van der Waals surface area contributed by atoms with Crippen LogP contribution in [0.25, 0.3) is 0 Å². The van der Waals surface area contributed by atoms with E-state index in [1.54, 1.807) is 23.5 Å². The fourth-order valence-electron chi connectivity index (χ4n) is 2.37. The van der Waals surface area contributed by atoms with Crippen molar-refractivity contribution in [1.82, 2.24) is 10.6 Å². The van der Waals surface area contributed by atoms with E-state index in [-0.39, 0.29) is 28.9 Å². The van der Waals surface area contributed by atoms with Crippen LogP contribution < -0.4 is 15.8 Å². The molecule has 9 heteroatoms. The molecule has 0 saturated carbocycles. The Morgan fingerprint density at radius 3 is 2.30 bits per heavy atom. The van der Waals surface area contributed by atoms with Crippen molar-refractivity contribution in [2.24, 2.45) is 10.1 Å². The number of halogens is 1. The lowest BCUT2D eigenvalue weighted by molar-refractivity contribution is 0.598. The number of nitrogens with one attached hydrogen (secondary N) is 2. The number of nitrogens with zero attached hydrogens (tertiary/aromatic N) is 1. The molecule has 0 spiro atoms. The summed E-state index contributed by atoms with van der Waals surface area (Å²) in [7, 11) is -3.64. The van der Waals surface area contributed by atoms with Crippen molar-refractivity contribution >= 4 is 51.3 Å². The summed E-state index contributed by atoms with van der Waals surface area (Å²) in [4.78, 5) is 7.37. The number of hydrogen-bond donors (Lipinski definition) is 3. The van der Waals surface area contributed by atoms with Gasteiger partial charge in [-0.25, -0.2) is 18.5 Å². The molecule has 0 bridgehead atoms. The van der Waals surface area contributed by atoms with Crippen LogP contribution in [-0.4, -0.2) is 27.5 Å². The first-order valence-corrected chi connectivity index (χ1v) is 11.0. The van der Waals surface area contributed by atoms with E-state index in [2.05, 4.69) is 34.7 Å². The van der Waals surface area contributed by atoms with Gasteiger partial charge in [0.1, 0.15) is 0 Å². The van der Waals surface area contributed by atoms with Gasteiger partial charge in [0.2, 0.25) is 10.0 Å². The fourth-order valence-corrected chi connectivity index (χ4v) is 3.76. The molecule has 1 aromatic heterocycles. The number of thiophene rings is 1. The predicted octanol–water partition coefficient (Wildman–Crippen LogP) is 2.87. The average Bonchev–Trinajstić information content (AvgIpc) is 3.07. The van der Waals surface area contributed by atoms with Crippen molar-refractivity contribution in [2.75, 3.05) is 13.1 Å². The number of nitrogens with two attached hydrogens (primary N) is 1. The number of benzene rings is 1. The topological polar surface area (TPSA) is 96.6 Å². The fraction of sp³-hybridized carbons (Fsp3) is 0.389. The van der Waals surface area contributed by atoms with Crippen LogP contribution in [0.2, 0.25) is 0 Å². The first-order chi connectivity index (χ1) is 12.4. The second-order valence-electron chi connectivity index (χ2n) is 5.78. The van der Waals surface area contributed by atoms with Crippen molar-refractivity contribution in [1.29, 1.82) is 0 Å². The van der Waals surface area contributed by atoms with E-state index < -0.39 is 10.0 Å². The number of rotatable bonds is 8. The highest BCUT2D eigenvalue weighted by Gasteiger charge is 2.06. The van der Waals surface area contributed by atoms with Crippen molar-refractivity contribution in [2.45, 2.75) is 38.1 Å². The van der Waals surface area contributed by atoms with E-state index in [0.29, 0.717) is 13.1 Å². The van der Waals surface area contributed by atoms with Gasteiger partial charge in [0.15, 0.2) is 5.96 Å². The molecule has 0 saturated heterocycles. The predicted molar refractivity (Wildman–Crippen MR) is 123 cm³/mol. The van der Waals surface area contributed by atoms with E-state index in [0.717, 1.165) is 30.9 Å². The summed E-state index contributed by atoms with van der Waals surface area (Å²) in [6.45, 7) is 6.33. The van der Waals surface area contributed by atoms with Gasteiger partial charge in [-0.2, -0.15) is 0 Å². The molecule has 1 heterocycles. The Kier molecular flexibility index (Phi) is 10.3.